The summed E-state index contributed by atoms with van der Waals surface area (Å²) in [6.07, 6.45) is 2.18. The topological polar surface area (TPSA) is 86.8 Å². The summed E-state index contributed by atoms with van der Waals surface area (Å²) in [4.78, 5) is 30.0. The Kier molecular flexibility index (Phi) is 11.4. The number of benzene rings is 3. The number of nitrogens with one attached hydrogen (secondary N) is 1. The largest absolute Gasteiger partial charge is 0.350 e. The average molecular weight is 651 g/mol. The number of hydrogen-bond acceptors (Lipinski definition) is 5. The highest BCUT2D eigenvalue weighted by Gasteiger charge is 2.35. The third-order valence-electron chi connectivity index (χ3n) is 6.52. The van der Waals surface area contributed by atoms with Crippen LogP contribution in [0.2, 0.25) is 10.0 Å². The van der Waals surface area contributed by atoms with Gasteiger partial charge in [-0.2, -0.15) is 0 Å². The zero-order valence-corrected chi connectivity index (χ0v) is 27.8. The van der Waals surface area contributed by atoms with Crippen LogP contribution in [-0.2, 0) is 26.2 Å². The molecule has 2 amide bonds. The van der Waals surface area contributed by atoms with Gasteiger partial charge in [0.2, 0.25) is 11.8 Å². The van der Waals surface area contributed by atoms with E-state index in [0.717, 1.165) is 14.8 Å². The molecule has 1 N–H and O–H groups in total. The van der Waals surface area contributed by atoms with Crippen LogP contribution in [0.5, 0.6) is 0 Å². The molecule has 0 spiro atoms. The summed E-state index contributed by atoms with van der Waals surface area (Å²) in [5.74, 6) is -0.939. The fourth-order valence-electron chi connectivity index (χ4n) is 4.34. The molecule has 3 aromatic carbocycles. The molecule has 0 radical (unpaired) electrons. The number of halogens is 2. The molecule has 7 nitrogen and oxygen atoms in total. The summed E-state index contributed by atoms with van der Waals surface area (Å²) in [6.45, 7) is 8.61. The second-order valence-electron chi connectivity index (χ2n) is 10.9. The summed E-state index contributed by atoms with van der Waals surface area (Å²) in [6, 6.07) is 17.5. The van der Waals surface area contributed by atoms with Gasteiger partial charge in [-0.1, -0.05) is 53.9 Å². The first-order valence-corrected chi connectivity index (χ1v) is 16.9. The van der Waals surface area contributed by atoms with Crippen LogP contribution in [0.1, 0.15) is 45.2 Å². The van der Waals surface area contributed by atoms with Gasteiger partial charge in [-0.25, -0.2) is 8.42 Å². The molecular weight excluding hydrogens is 613 g/mol. The molecule has 226 valence electrons. The molecule has 0 saturated carbocycles. The predicted molar refractivity (Wildman–Crippen MR) is 173 cm³/mol. The standard InChI is InChI=1S/C31H37Cl2N3O4S2/c1-7-28(30(38)34-31(3,4)5)35(19-25-26(32)9-8-10-27(25)33)29(37)20-36(22-13-11-21(2)12-14-22)42(39,40)24-17-15-23(41-6)16-18-24/h8-18,28H,7,19-20H2,1-6H3,(H,34,38)/t28-/m0/s1. The van der Waals surface area contributed by atoms with Gasteiger partial charge in [0, 0.05) is 32.6 Å². The van der Waals surface area contributed by atoms with Gasteiger partial charge in [-0.3, -0.25) is 13.9 Å². The molecule has 0 aliphatic rings. The molecule has 0 fully saturated rings. The zero-order valence-electron chi connectivity index (χ0n) is 24.6. The molecule has 0 saturated heterocycles. The lowest BCUT2D eigenvalue weighted by atomic mass is 10.1. The summed E-state index contributed by atoms with van der Waals surface area (Å²) >= 11 is 14.4. The number of amides is 2. The molecule has 0 heterocycles. The average Bonchev–Trinajstić information content (AvgIpc) is 2.92. The smallest absolute Gasteiger partial charge is 0.264 e. The fourth-order valence-corrected chi connectivity index (χ4v) is 6.68. The Hall–Kier alpha value is -2.72. The lowest BCUT2D eigenvalue weighted by molar-refractivity contribution is -0.141. The van der Waals surface area contributed by atoms with E-state index in [9.17, 15) is 18.0 Å². The van der Waals surface area contributed by atoms with Gasteiger partial charge < -0.3 is 10.2 Å². The van der Waals surface area contributed by atoms with Crippen LogP contribution >= 0.6 is 35.0 Å². The third-order valence-corrected chi connectivity index (χ3v) is 9.76. The van der Waals surface area contributed by atoms with Crippen LogP contribution in [0.15, 0.2) is 76.5 Å². The van der Waals surface area contributed by atoms with Gasteiger partial charge in [-0.05, 0) is 88.9 Å². The summed E-state index contributed by atoms with van der Waals surface area (Å²) < 4.78 is 29.1. The van der Waals surface area contributed by atoms with Crippen LogP contribution in [0.25, 0.3) is 0 Å². The number of hydrogen-bond donors (Lipinski definition) is 1. The van der Waals surface area contributed by atoms with Crippen molar-refractivity contribution in [3.05, 3.63) is 87.9 Å². The molecule has 0 aliphatic heterocycles. The van der Waals surface area contributed by atoms with Crippen LogP contribution in [0.3, 0.4) is 0 Å². The SMILES string of the molecule is CC[C@@H](C(=O)NC(C)(C)C)N(Cc1c(Cl)cccc1Cl)C(=O)CN(c1ccc(C)cc1)S(=O)(=O)c1ccc(SC)cc1. The van der Waals surface area contributed by atoms with E-state index in [0.29, 0.717) is 21.3 Å². The number of sulfonamides is 1. The highest BCUT2D eigenvalue weighted by molar-refractivity contribution is 7.98. The van der Waals surface area contributed by atoms with E-state index >= 15 is 0 Å². The maximum Gasteiger partial charge on any atom is 0.264 e. The van der Waals surface area contributed by atoms with Gasteiger partial charge in [0.15, 0.2) is 0 Å². The summed E-state index contributed by atoms with van der Waals surface area (Å²) in [5, 5.41) is 3.62. The second kappa shape index (κ2) is 14.2. The van der Waals surface area contributed by atoms with Gasteiger partial charge in [0.05, 0.1) is 10.6 Å². The van der Waals surface area contributed by atoms with Crippen LogP contribution in [-0.4, -0.2) is 49.5 Å². The maximum absolute atomic E-state index is 14.2. The van der Waals surface area contributed by atoms with E-state index in [-0.39, 0.29) is 23.8 Å². The first-order valence-electron chi connectivity index (χ1n) is 13.5. The minimum absolute atomic E-state index is 0.0480. The molecule has 0 bridgehead atoms. The lowest BCUT2D eigenvalue weighted by Crippen LogP contribution is -2.55. The zero-order chi connectivity index (χ0) is 31.2. The Morgan fingerprint density at radius 3 is 2.02 bits per heavy atom. The molecule has 0 aromatic heterocycles. The van der Waals surface area contributed by atoms with Crippen LogP contribution in [0.4, 0.5) is 5.69 Å². The Balaban J connectivity index is 2.11. The number of rotatable bonds is 11. The van der Waals surface area contributed by atoms with Crippen molar-refractivity contribution in [2.45, 2.75) is 69.0 Å². The normalized spacial score (nSPS) is 12.5. The van der Waals surface area contributed by atoms with Crippen molar-refractivity contribution in [2.24, 2.45) is 0 Å². The molecule has 3 rings (SSSR count). The molecule has 3 aromatic rings. The first kappa shape index (κ1) is 33.8. The van der Waals surface area contributed by atoms with Crippen LogP contribution in [0, 0.1) is 6.92 Å². The lowest BCUT2D eigenvalue weighted by Gasteiger charge is -2.35. The van der Waals surface area contributed by atoms with E-state index in [1.807, 2.05) is 34.0 Å². The number of nitrogens with zero attached hydrogens (tertiary/aromatic N) is 2. The fraction of sp³-hybridized carbons (Fsp3) is 0.355. The summed E-state index contributed by atoms with van der Waals surface area (Å²) in [5.41, 5.74) is 1.17. The second-order valence-corrected chi connectivity index (χ2v) is 14.5. The molecule has 1 atom stereocenters. The van der Waals surface area contributed by atoms with Crippen molar-refractivity contribution in [3.63, 3.8) is 0 Å². The molecule has 11 heteroatoms. The van der Waals surface area contributed by atoms with Crippen molar-refractivity contribution in [1.82, 2.24) is 10.2 Å². The van der Waals surface area contributed by atoms with Crippen molar-refractivity contribution in [1.29, 1.82) is 0 Å². The molecule has 42 heavy (non-hydrogen) atoms. The highest BCUT2D eigenvalue weighted by Crippen LogP contribution is 2.29. The number of thioether (sulfide) groups is 1. The number of carbonyl (C=O) groups excluding carboxylic acids is 2. The third kappa shape index (κ3) is 8.43. The molecule has 0 unspecified atom stereocenters. The van der Waals surface area contributed by atoms with E-state index in [1.54, 1.807) is 61.5 Å². The number of carbonyl (C=O) groups is 2. The Bertz CT molecular complexity index is 1490. The van der Waals surface area contributed by atoms with Crippen molar-refractivity contribution in [2.75, 3.05) is 17.1 Å². The maximum atomic E-state index is 14.2. The quantitative estimate of drug-likeness (QED) is 0.227. The van der Waals surface area contributed by atoms with Gasteiger partial charge in [-0.15, -0.1) is 11.8 Å². The Morgan fingerprint density at radius 2 is 1.52 bits per heavy atom. The van der Waals surface area contributed by atoms with E-state index < -0.39 is 34.1 Å². The van der Waals surface area contributed by atoms with E-state index in [2.05, 4.69) is 5.32 Å². The first-order chi connectivity index (χ1) is 19.7. The van der Waals surface area contributed by atoms with Gasteiger partial charge in [0.25, 0.3) is 10.0 Å². The van der Waals surface area contributed by atoms with Crippen molar-refractivity contribution >= 4 is 62.5 Å². The van der Waals surface area contributed by atoms with Gasteiger partial charge >= 0.3 is 0 Å². The van der Waals surface area contributed by atoms with Crippen LogP contribution < -0.4 is 9.62 Å². The predicted octanol–water partition coefficient (Wildman–Crippen LogP) is 6.94. The number of anilines is 1. The minimum atomic E-state index is -4.17. The summed E-state index contributed by atoms with van der Waals surface area (Å²) in [7, 11) is -4.17. The van der Waals surface area contributed by atoms with E-state index in [1.165, 1.54) is 28.8 Å². The molecule has 0 aliphatic carbocycles. The number of aryl methyl sites for hydroxylation is 1. The van der Waals surface area contributed by atoms with E-state index in [4.69, 9.17) is 23.2 Å². The Morgan fingerprint density at radius 1 is 0.952 bits per heavy atom. The minimum Gasteiger partial charge on any atom is -0.350 e. The Labute approximate surface area is 263 Å². The van der Waals surface area contributed by atoms with Crippen molar-refractivity contribution < 1.29 is 18.0 Å². The van der Waals surface area contributed by atoms with Gasteiger partial charge in [0.1, 0.15) is 12.6 Å². The van der Waals surface area contributed by atoms with Crippen molar-refractivity contribution in [3.8, 4) is 0 Å². The monoisotopic (exact) mass is 649 g/mol. The molecular formula is C31H37Cl2N3O4S2. The highest BCUT2D eigenvalue weighted by atomic mass is 35.5.